The minimum absolute atomic E-state index is 0.340. The van der Waals surface area contributed by atoms with Crippen LogP contribution in [0.15, 0.2) is 54.7 Å². The highest BCUT2D eigenvalue weighted by Crippen LogP contribution is 2.18. The van der Waals surface area contributed by atoms with Crippen molar-refractivity contribution in [2.75, 3.05) is 0 Å². The first-order chi connectivity index (χ1) is 8.59. The summed E-state index contributed by atoms with van der Waals surface area (Å²) in [7, 11) is 0. The Bertz CT molecular complexity index is 641. The van der Waals surface area contributed by atoms with Crippen LogP contribution in [0, 0.1) is 0 Å². The Morgan fingerprint density at radius 1 is 1.06 bits per heavy atom. The van der Waals surface area contributed by atoms with Crippen LogP contribution in [-0.2, 0) is 4.79 Å². The molecule has 1 amide bonds. The average Bonchev–Trinajstić information content (AvgIpc) is 2.37. The quantitative estimate of drug-likeness (QED) is 0.809. The van der Waals surface area contributed by atoms with E-state index >= 15 is 0 Å². The third-order valence-corrected chi connectivity index (χ3v) is 2.56. The van der Waals surface area contributed by atoms with Gasteiger partial charge in [-0.3, -0.25) is 4.79 Å². The minimum Gasteiger partial charge on any atom is -0.477 e. The Labute approximate surface area is 104 Å². The molecule has 2 rings (SSSR count). The number of fused-ring (bicyclic) bond motifs is 1. The molecule has 0 spiro atoms. The monoisotopic (exact) mass is 241 g/mol. The van der Waals surface area contributed by atoms with Gasteiger partial charge in [-0.05, 0) is 16.8 Å². The Hall–Kier alpha value is -2.62. The fourth-order valence-electron chi connectivity index (χ4n) is 1.68. The van der Waals surface area contributed by atoms with Gasteiger partial charge in [-0.15, -0.1) is 0 Å². The molecule has 4 nitrogen and oxygen atoms in total. The highest BCUT2D eigenvalue weighted by molar-refractivity contribution is 6.09. The van der Waals surface area contributed by atoms with Crippen LogP contribution in [0.1, 0.15) is 10.4 Å². The molecule has 0 heterocycles. The maximum atomic E-state index is 11.9. The lowest BCUT2D eigenvalue weighted by atomic mass is 10.0. The van der Waals surface area contributed by atoms with Crippen LogP contribution < -0.4 is 5.32 Å². The van der Waals surface area contributed by atoms with E-state index in [1.807, 2.05) is 30.3 Å². The summed E-state index contributed by atoms with van der Waals surface area (Å²) in [5, 5.41) is 12.6. The maximum absolute atomic E-state index is 11.9. The van der Waals surface area contributed by atoms with E-state index in [-0.39, 0.29) is 5.70 Å². The van der Waals surface area contributed by atoms with Crippen molar-refractivity contribution in [3.63, 3.8) is 0 Å². The fraction of sp³-hybridized carbons (Fsp3) is 0. The van der Waals surface area contributed by atoms with E-state index < -0.39 is 11.9 Å². The summed E-state index contributed by atoms with van der Waals surface area (Å²) in [5.74, 6) is -1.72. The number of nitrogens with one attached hydrogen (secondary N) is 1. The molecule has 0 bridgehead atoms. The second kappa shape index (κ2) is 4.71. The van der Waals surface area contributed by atoms with Crippen LogP contribution in [0.5, 0.6) is 0 Å². The highest BCUT2D eigenvalue weighted by atomic mass is 16.4. The van der Waals surface area contributed by atoms with Crippen molar-refractivity contribution in [1.29, 1.82) is 0 Å². The molecule has 0 unspecified atom stereocenters. The summed E-state index contributed by atoms with van der Waals surface area (Å²) < 4.78 is 0. The predicted octanol–water partition coefficient (Wildman–Crippen LogP) is 2.17. The second-order valence-corrected chi connectivity index (χ2v) is 3.76. The highest BCUT2D eigenvalue weighted by Gasteiger charge is 2.13. The van der Waals surface area contributed by atoms with Gasteiger partial charge in [0.15, 0.2) is 0 Å². The van der Waals surface area contributed by atoms with Crippen molar-refractivity contribution in [2.45, 2.75) is 0 Å². The van der Waals surface area contributed by atoms with Crippen LogP contribution in [0.3, 0.4) is 0 Å². The van der Waals surface area contributed by atoms with E-state index in [0.717, 1.165) is 10.8 Å². The van der Waals surface area contributed by atoms with E-state index in [2.05, 4.69) is 11.9 Å². The van der Waals surface area contributed by atoms with Crippen molar-refractivity contribution < 1.29 is 14.7 Å². The molecule has 2 aromatic rings. The number of amides is 1. The SMILES string of the molecule is C=C(NC(=O)c1cccc2ccccc12)C(=O)O. The first-order valence-corrected chi connectivity index (χ1v) is 5.31. The average molecular weight is 241 g/mol. The third kappa shape index (κ3) is 2.22. The molecule has 0 fully saturated rings. The number of carbonyl (C=O) groups excluding carboxylic acids is 1. The summed E-state index contributed by atoms with van der Waals surface area (Å²) in [4.78, 5) is 22.6. The number of carboxylic acid groups (broad SMARTS) is 1. The number of benzene rings is 2. The van der Waals surface area contributed by atoms with Gasteiger partial charge >= 0.3 is 5.97 Å². The molecule has 4 heteroatoms. The third-order valence-electron chi connectivity index (χ3n) is 2.56. The molecule has 90 valence electrons. The van der Waals surface area contributed by atoms with Gasteiger partial charge in [-0.2, -0.15) is 0 Å². The fourth-order valence-corrected chi connectivity index (χ4v) is 1.68. The molecule has 2 N–H and O–H groups in total. The smallest absolute Gasteiger partial charge is 0.351 e. The Morgan fingerprint density at radius 3 is 2.44 bits per heavy atom. The first-order valence-electron chi connectivity index (χ1n) is 5.31. The zero-order valence-electron chi connectivity index (χ0n) is 9.51. The number of rotatable bonds is 3. The van der Waals surface area contributed by atoms with Crippen molar-refractivity contribution in [1.82, 2.24) is 5.32 Å². The molecular formula is C14H11NO3. The number of hydrogen-bond acceptors (Lipinski definition) is 2. The molecule has 0 aromatic heterocycles. The molecule has 0 atom stereocenters. The lowest BCUT2D eigenvalue weighted by Crippen LogP contribution is -2.26. The summed E-state index contributed by atoms with van der Waals surface area (Å²) in [6, 6.07) is 12.7. The predicted molar refractivity (Wildman–Crippen MR) is 68.2 cm³/mol. The van der Waals surface area contributed by atoms with Crippen molar-refractivity contribution in [3.05, 3.63) is 60.3 Å². The molecule has 0 aliphatic carbocycles. The summed E-state index contributed by atoms with van der Waals surface area (Å²) in [5.41, 5.74) is 0.0865. The first kappa shape index (κ1) is 11.9. The van der Waals surface area contributed by atoms with E-state index in [1.165, 1.54) is 0 Å². The van der Waals surface area contributed by atoms with Gasteiger partial charge in [0.2, 0.25) is 0 Å². The minimum atomic E-state index is -1.25. The molecular weight excluding hydrogens is 230 g/mol. The van der Waals surface area contributed by atoms with E-state index in [9.17, 15) is 9.59 Å². The van der Waals surface area contributed by atoms with Crippen molar-refractivity contribution in [3.8, 4) is 0 Å². The number of carbonyl (C=O) groups is 2. The Morgan fingerprint density at radius 2 is 1.72 bits per heavy atom. The molecule has 0 radical (unpaired) electrons. The molecule has 2 aromatic carbocycles. The van der Waals surface area contributed by atoms with Crippen molar-refractivity contribution in [2.24, 2.45) is 0 Å². The van der Waals surface area contributed by atoms with Gasteiger partial charge in [0.05, 0.1) is 0 Å². The normalized spacial score (nSPS) is 10.0. The van der Waals surface area contributed by atoms with Gasteiger partial charge in [0, 0.05) is 5.56 Å². The van der Waals surface area contributed by atoms with Gasteiger partial charge < -0.3 is 10.4 Å². The largest absolute Gasteiger partial charge is 0.477 e. The lowest BCUT2D eigenvalue weighted by Gasteiger charge is -2.07. The van der Waals surface area contributed by atoms with E-state index in [0.29, 0.717) is 5.56 Å². The molecule has 0 aliphatic heterocycles. The molecule has 0 aliphatic rings. The molecule has 0 saturated carbocycles. The summed E-state index contributed by atoms with van der Waals surface area (Å²) >= 11 is 0. The van der Waals surface area contributed by atoms with Crippen LogP contribution >= 0.6 is 0 Å². The van der Waals surface area contributed by atoms with Crippen LogP contribution in [0.2, 0.25) is 0 Å². The van der Waals surface area contributed by atoms with Crippen molar-refractivity contribution >= 4 is 22.6 Å². The van der Waals surface area contributed by atoms with E-state index in [1.54, 1.807) is 12.1 Å². The Balaban J connectivity index is 2.39. The topological polar surface area (TPSA) is 66.4 Å². The van der Waals surface area contributed by atoms with Crippen LogP contribution in [0.25, 0.3) is 10.8 Å². The number of aliphatic carboxylic acids is 1. The zero-order chi connectivity index (χ0) is 13.1. The standard InChI is InChI=1S/C14H11NO3/c1-9(14(17)18)15-13(16)12-8-4-6-10-5-2-3-7-11(10)12/h2-8H,1H2,(H,15,16)(H,17,18). The zero-order valence-corrected chi connectivity index (χ0v) is 9.51. The number of hydrogen-bond donors (Lipinski definition) is 2. The summed E-state index contributed by atoms with van der Waals surface area (Å²) in [6.45, 7) is 3.27. The van der Waals surface area contributed by atoms with Crippen LogP contribution in [0.4, 0.5) is 0 Å². The maximum Gasteiger partial charge on any atom is 0.351 e. The molecule has 18 heavy (non-hydrogen) atoms. The molecule has 0 saturated heterocycles. The van der Waals surface area contributed by atoms with Crippen LogP contribution in [-0.4, -0.2) is 17.0 Å². The van der Waals surface area contributed by atoms with Gasteiger partial charge in [0.1, 0.15) is 5.70 Å². The van der Waals surface area contributed by atoms with E-state index in [4.69, 9.17) is 5.11 Å². The number of carboxylic acids is 1. The summed E-state index contributed by atoms with van der Waals surface area (Å²) in [6.07, 6.45) is 0. The Kier molecular flexibility index (Phi) is 3.10. The second-order valence-electron chi connectivity index (χ2n) is 3.76. The van der Waals surface area contributed by atoms with Gasteiger partial charge in [0.25, 0.3) is 5.91 Å². The van der Waals surface area contributed by atoms with Gasteiger partial charge in [-0.1, -0.05) is 43.0 Å². The van der Waals surface area contributed by atoms with Gasteiger partial charge in [-0.25, -0.2) is 4.79 Å². The lowest BCUT2D eigenvalue weighted by molar-refractivity contribution is -0.132.